The van der Waals surface area contributed by atoms with E-state index in [4.69, 9.17) is 9.84 Å². The first kappa shape index (κ1) is 14.3. The van der Waals surface area contributed by atoms with Crippen molar-refractivity contribution in [1.82, 2.24) is 4.90 Å². The summed E-state index contributed by atoms with van der Waals surface area (Å²) in [4.78, 5) is 24.2. The number of carbonyl (C=O) groups excluding carboxylic acids is 1. The Hall–Kier alpha value is -2.08. The standard InChI is InChI=1S/C14H17NO5/c1-9-7-11(16)12(13(17)18)15(9)14(19)20-8-10-5-3-2-4-6-10/h2-6,9,11-12,16H,7-8H2,1H3,(H,17,18). The Bertz CT molecular complexity index is 490. The van der Waals surface area contributed by atoms with Crippen LogP contribution in [0.25, 0.3) is 0 Å². The highest BCUT2D eigenvalue weighted by molar-refractivity contribution is 5.81. The number of likely N-dealkylation sites (tertiary alicyclic amines) is 1. The number of benzene rings is 1. The SMILES string of the molecule is CC1CC(O)C(C(=O)O)N1C(=O)OCc1ccccc1. The molecule has 1 saturated heterocycles. The van der Waals surface area contributed by atoms with Crippen LogP contribution in [0, 0.1) is 0 Å². The summed E-state index contributed by atoms with van der Waals surface area (Å²) in [7, 11) is 0. The Labute approximate surface area is 116 Å². The predicted molar refractivity (Wildman–Crippen MR) is 70.0 cm³/mol. The number of carboxylic acids is 1. The normalized spacial score (nSPS) is 25.5. The van der Waals surface area contributed by atoms with E-state index in [9.17, 15) is 14.7 Å². The zero-order valence-electron chi connectivity index (χ0n) is 11.1. The molecule has 0 radical (unpaired) electrons. The number of carboxylic acid groups (broad SMARTS) is 1. The summed E-state index contributed by atoms with van der Waals surface area (Å²) in [6.07, 6.45) is -1.55. The van der Waals surface area contributed by atoms with Gasteiger partial charge in [0.1, 0.15) is 6.61 Å². The molecular weight excluding hydrogens is 262 g/mol. The molecule has 1 fully saturated rings. The van der Waals surface area contributed by atoms with Gasteiger partial charge in [-0.15, -0.1) is 0 Å². The molecule has 2 rings (SSSR count). The Balaban J connectivity index is 2.02. The number of rotatable bonds is 3. The van der Waals surface area contributed by atoms with Gasteiger partial charge in [-0.2, -0.15) is 0 Å². The second-order valence-corrected chi connectivity index (χ2v) is 4.88. The van der Waals surface area contributed by atoms with Crippen LogP contribution in [0.2, 0.25) is 0 Å². The molecule has 0 aliphatic carbocycles. The summed E-state index contributed by atoms with van der Waals surface area (Å²) in [5.74, 6) is -1.22. The van der Waals surface area contributed by atoms with Crippen LogP contribution in [0.4, 0.5) is 4.79 Å². The van der Waals surface area contributed by atoms with Crippen molar-refractivity contribution in [1.29, 1.82) is 0 Å². The van der Waals surface area contributed by atoms with Crippen molar-refractivity contribution >= 4 is 12.1 Å². The molecule has 1 aromatic carbocycles. The molecule has 0 saturated carbocycles. The van der Waals surface area contributed by atoms with Crippen molar-refractivity contribution in [2.45, 2.75) is 38.1 Å². The van der Waals surface area contributed by atoms with Crippen LogP contribution < -0.4 is 0 Å². The number of carbonyl (C=O) groups is 2. The summed E-state index contributed by atoms with van der Waals surface area (Å²) >= 11 is 0. The van der Waals surface area contributed by atoms with Crippen LogP contribution in [0.15, 0.2) is 30.3 Å². The van der Waals surface area contributed by atoms with Crippen LogP contribution in [0.1, 0.15) is 18.9 Å². The molecule has 6 nitrogen and oxygen atoms in total. The molecule has 108 valence electrons. The number of hydrogen-bond donors (Lipinski definition) is 2. The van der Waals surface area contributed by atoms with E-state index in [0.717, 1.165) is 10.5 Å². The molecule has 3 unspecified atom stereocenters. The second kappa shape index (κ2) is 5.92. The number of aliphatic carboxylic acids is 1. The number of amides is 1. The molecule has 1 aliphatic heterocycles. The molecule has 3 atom stereocenters. The van der Waals surface area contributed by atoms with Crippen molar-refractivity contribution < 1.29 is 24.5 Å². The van der Waals surface area contributed by atoms with E-state index < -0.39 is 24.2 Å². The molecule has 20 heavy (non-hydrogen) atoms. The summed E-state index contributed by atoms with van der Waals surface area (Å²) in [5.41, 5.74) is 0.820. The maximum atomic E-state index is 12.0. The van der Waals surface area contributed by atoms with Gasteiger partial charge in [-0.25, -0.2) is 9.59 Å². The Kier molecular flexibility index (Phi) is 4.24. The van der Waals surface area contributed by atoms with Crippen LogP contribution in [-0.2, 0) is 16.1 Å². The molecule has 2 N–H and O–H groups in total. The lowest BCUT2D eigenvalue weighted by Crippen LogP contribution is -2.47. The number of ether oxygens (including phenoxy) is 1. The van der Waals surface area contributed by atoms with Crippen LogP contribution in [-0.4, -0.2) is 45.4 Å². The van der Waals surface area contributed by atoms with Gasteiger partial charge < -0.3 is 14.9 Å². The molecular formula is C14H17NO5. The highest BCUT2D eigenvalue weighted by Crippen LogP contribution is 2.25. The third kappa shape index (κ3) is 2.91. The quantitative estimate of drug-likeness (QED) is 0.869. The maximum Gasteiger partial charge on any atom is 0.411 e. The van der Waals surface area contributed by atoms with Gasteiger partial charge in [-0.3, -0.25) is 4.90 Å². The number of aliphatic hydroxyl groups excluding tert-OH is 1. The monoisotopic (exact) mass is 279 g/mol. The average Bonchev–Trinajstić information content (AvgIpc) is 2.72. The van der Waals surface area contributed by atoms with E-state index in [-0.39, 0.29) is 19.1 Å². The number of nitrogens with zero attached hydrogens (tertiary/aromatic N) is 1. The number of aliphatic hydroxyl groups is 1. The topological polar surface area (TPSA) is 87.1 Å². The predicted octanol–water partition coefficient (Wildman–Crippen LogP) is 1.23. The van der Waals surface area contributed by atoms with Gasteiger partial charge in [0.25, 0.3) is 0 Å². The molecule has 1 aliphatic rings. The van der Waals surface area contributed by atoms with E-state index >= 15 is 0 Å². The van der Waals surface area contributed by atoms with Gasteiger partial charge in [0, 0.05) is 6.04 Å². The molecule has 1 heterocycles. The molecule has 6 heteroatoms. The second-order valence-electron chi connectivity index (χ2n) is 4.88. The fraction of sp³-hybridized carbons (Fsp3) is 0.429. The van der Waals surface area contributed by atoms with Crippen molar-refractivity contribution in [3.05, 3.63) is 35.9 Å². The molecule has 1 amide bonds. The highest BCUT2D eigenvalue weighted by Gasteiger charge is 2.46. The van der Waals surface area contributed by atoms with Crippen molar-refractivity contribution in [2.24, 2.45) is 0 Å². The van der Waals surface area contributed by atoms with E-state index in [1.807, 2.05) is 30.3 Å². The summed E-state index contributed by atoms with van der Waals surface area (Å²) < 4.78 is 5.12. The van der Waals surface area contributed by atoms with Gasteiger partial charge >= 0.3 is 12.1 Å². The third-order valence-corrected chi connectivity index (χ3v) is 3.39. The van der Waals surface area contributed by atoms with Crippen LogP contribution in [0.3, 0.4) is 0 Å². The fourth-order valence-corrected chi connectivity index (χ4v) is 2.42. The minimum Gasteiger partial charge on any atom is -0.480 e. The van der Waals surface area contributed by atoms with E-state index in [1.165, 1.54) is 0 Å². The molecule has 0 aromatic heterocycles. The summed E-state index contributed by atoms with van der Waals surface area (Å²) in [5, 5.41) is 18.8. The highest BCUT2D eigenvalue weighted by atomic mass is 16.6. The first-order valence-electron chi connectivity index (χ1n) is 6.40. The van der Waals surface area contributed by atoms with Crippen molar-refractivity contribution in [2.75, 3.05) is 0 Å². The third-order valence-electron chi connectivity index (χ3n) is 3.39. The Morgan fingerprint density at radius 2 is 2.00 bits per heavy atom. The first-order valence-corrected chi connectivity index (χ1v) is 6.40. The van der Waals surface area contributed by atoms with E-state index in [2.05, 4.69) is 0 Å². The molecule has 0 bridgehead atoms. The average molecular weight is 279 g/mol. The lowest BCUT2D eigenvalue weighted by Gasteiger charge is -2.25. The minimum atomic E-state index is -1.24. The minimum absolute atomic E-state index is 0.0747. The van der Waals surface area contributed by atoms with Crippen molar-refractivity contribution in [3.63, 3.8) is 0 Å². The molecule has 1 aromatic rings. The Morgan fingerprint density at radius 1 is 1.35 bits per heavy atom. The van der Waals surface area contributed by atoms with Crippen LogP contribution >= 0.6 is 0 Å². The van der Waals surface area contributed by atoms with Crippen molar-refractivity contribution in [3.8, 4) is 0 Å². The van der Waals surface area contributed by atoms with Gasteiger partial charge in [-0.05, 0) is 18.9 Å². The van der Waals surface area contributed by atoms with Gasteiger partial charge in [0.15, 0.2) is 6.04 Å². The van der Waals surface area contributed by atoms with Gasteiger partial charge in [0.2, 0.25) is 0 Å². The lowest BCUT2D eigenvalue weighted by atomic mass is 10.1. The zero-order valence-corrected chi connectivity index (χ0v) is 11.1. The fourth-order valence-electron chi connectivity index (χ4n) is 2.42. The number of hydrogen-bond acceptors (Lipinski definition) is 4. The van der Waals surface area contributed by atoms with E-state index in [1.54, 1.807) is 6.92 Å². The maximum absolute atomic E-state index is 12.0. The lowest BCUT2D eigenvalue weighted by molar-refractivity contribution is -0.144. The zero-order chi connectivity index (χ0) is 14.7. The van der Waals surface area contributed by atoms with E-state index in [0.29, 0.717) is 0 Å². The largest absolute Gasteiger partial charge is 0.480 e. The van der Waals surface area contributed by atoms with Gasteiger partial charge in [0.05, 0.1) is 6.10 Å². The summed E-state index contributed by atoms with van der Waals surface area (Å²) in [6.45, 7) is 1.77. The smallest absolute Gasteiger partial charge is 0.411 e. The first-order chi connectivity index (χ1) is 9.50. The van der Waals surface area contributed by atoms with Crippen LogP contribution in [0.5, 0.6) is 0 Å². The van der Waals surface area contributed by atoms with Gasteiger partial charge in [-0.1, -0.05) is 30.3 Å². The summed E-state index contributed by atoms with van der Waals surface area (Å²) in [6, 6.07) is 7.51. The molecule has 0 spiro atoms. The Morgan fingerprint density at radius 3 is 2.60 bits per heavy atom.